The smallest absolute Gasteiger partial charge is 0.0484 e. The highest BCUT2D eigenvalue weighted by molar-refractivity contribution is 5.82. The Labute approximate surface area is 201 Å². The van der Waals surface area contributed by atoms with Crippen molar-refractivity contribution in [3.8, 4) is 45.9 Å². The molecule has 0 atom stereocenters. The predicted molar refractivity (Wildman–Crippen MR) is 142 cm³/mol. The Morgan fingerprint density at radius 2 is 0.824 bits per heavy atom. The highest BCUT2D eigenvalue weighted by Crippen LogP contribution is 2.32. The third-order valence-electron chi connectivity index (χ3n) is 5.55. The normalized spacial score (nSPS) is 9.88. The summed E-state index contributed by atoms with van der Waals surface area (Å²) in [6, 6.07) is 45.4. The van der Waals surface area contributed by atoms with Gasteiger partial charge in [-0.1, -0.05) is 121 Å². The van der Waals surface area contributed by atoms with Crippen LogP contribution < -0.4 is 0 Å². The van der Waals surface area contributed by atoms with Crippen molar-refractivity contribution in [2.45, 2.75) is 0 Å². The van der Waals surface area contributed by atoms with E-state index in [1.54, 1.807) is 0 Å². The molecule has 0 aliphatic rings. The standard InChI is InChI=1S/C34H22/c1-5-13-27(14-6-1)21-23-31-25-32(29-17-9-3-10-18-29)26-34(30-19-11-4-12-20-30)33(31)24-22-28-15-7-2-8-16-28/h1-20,25-26H. The molecule has 0 aliphatic carbocycles. The predicted octanol–water partition coefficient (Wildman–Crippen LogP) is 7.82. The quantitative estimate of drug-likeness (QED) is 0.250. The molecule has 5 aromatic carbocycles. The average Bonchev–Trinajstić information content (AvgIpc) is 2.93. The van der Waals surface area contributed by atoms with E-state index in [2.05, 4.69) is 84.3 Å². The van der Waals surface area contributed by atoms with E-state index in [-0.39, 0.29) is 0 Å². The van der Waals surface area contributed by atoms with Crippen molar-refractivity contribution in [3.05, 3.63) is 156 Å². The summed E-state index contributed by atoms with van der Waals surface area (Å²) in [5.41, 5.74) is 8.33. The van der Waals surface area contributed by atoms with E-state index >= 15 is 0 Å². The van der Waals surface area contributed by atoms with Crippen molar-refractivity contribution in [1.82, 2.24) is 0 Å². The Kier molecular flexibility index (Phi) is 6.34. The Bertz CT molecular complexity index is 1510. The maximum absolute atomic E-state index is 3.46. The van der Waals surface area contributed by atoms with Gasteiger partial charge in [-0.3, -0.25) is 0 Å². The Morgan fingerprint density at radius 3 is 1.38 bits per heavy atom. The molecule has 0 unspecified atom stereocenters. The van der Waals surface area contributed by atoms with Gasteiger partial charge in [0.1, 0.15) is 0 Å². The molecule has 0 saturated heterocycles. The van der Waals surface area contributed by atoms with Crippen LogP contribution in [-0.2, 0) is 0 Å². The number of benzene rings is 5. The minimum atomic E-state index is 0.924. The monoisotopic (exact) mass is 430 g/mol. The molecule has 0 spiro atoms. The molecule has 5 rings (SSSR count). The topological polar surface area (TPSA) is 0 Å². The van der Waals surface area contributed by atoms with Crippen LogP contribution in [0.4, 0.5) is 0 Å². The van der Waals surface area contributed by atoms with Gasteiger partial charge in [0.15, 0.2) is 0 Å². The fourth-order valence-electron chi connectivity index (χ4n) is 3.84. The summed E-state index contributed by atoms with van der Waals surface area (Å²) in [7, 11) is 0. The van der Waals surface area contributed by atoms with Gasteiger partial charge >= 0.3 is 0 Å². The maximum Gasteiger partial charge on any atom is 0.0484 e. The summed E-state index contributed by atoms with van der Waals surface area (Å²) in [5, 5.41) is 0. The molecule has 0 aromatic heterocycles. The maximum atomic E-state index is 3.46. The molecule has 34 heavy (non-hydrogen) atoms. The first kappa shape index (κ1) is 21.1. The van der Waals surface area contributed by atoms with Crippen molar-refractivity contribution >= 4 is 0 Å². The van der Waals surface area contributed by atoms with Crippen LogP contribution in [0.5, 0.6) is 0 Å². The highest BCUT2D eigenvalue weighted by atomic mass is 14.1. The molecule has 0 radical (unpaired) electrons. The summed E-state index contributed by atoms with van der Waals surface area (Å²) >= 11 is 0. The van der Waals surface area contributed by atoms with E-state index in [0.717, 1.165) is 44.5 Å². The second kappa shape index (κ2) is 10.2. The molecular weight excluding hydrogens is 408 g/mol. The van der Waals surface area contributed by atoms with Gasteiger partial charge in [0.05, 0.1) is 0 Å². The molecule has 0 aliphatic heterocycles. The Morgan fingerprint density at radius 1 is 0.353 bits per heavy atom. The van der Waals surface area contributed by atoms with Gasteiger partial charge in [-0.15, -0.1) is 0 Å². The van der Waals surface area contributed by atoms with Gasteiger partial charge in [-0.2, -0.15) is 0 Å². The van der Waals surface area contributed by atoms with Gasteiger partial charge in [0.2, 0.25) is 0 Å². The van der Waals surface area contributed by atoms with Gasteiger partial charge in [-0.25, -0.2) is 0 Å². The first-order valence-corrected chi connectivity index (χ1v) is 11.3. The third kappa shape index (κ3) is 4.99. The Hall–Kier alpha value is -4.78. The van der Waals surface area contributed by atoms with E-state index in [0.29, 0.717) is 0 Å². The van der Waals surface area contributed by atoms with E-state index in [1.807, 2.05) is 72.8 Å². The summed E-state index contributed by atoms with van der Waals surface area (Å²) < 4.78 is 0. The van der Waals surface area contributed by atoms with Crippen LogP contribution in [0.25, 0.3) is 22.3 Å². The zero-order valence-electron chi connectivity index (χ0n) is 18.7. The molecule has 0 N–H and O–H groups in total. The highest BCUT2D eigenvalue weighted by Gasteiger charge is 2.12. The van der Waals surface area contributed by atoms with Crippen LogP contribution >= 0.6 is 0 Å². The molecule has 0 heterocycles. The summed E-state index contributed by atoms with van der Waals surface area (Å²) in [6.07, 6.45) is 0. The molecule has 158 valence electrons. The lowest BCUT2D eigenvalue weighted by atomic mass is 9.90. The minimum absolute atomic E-state index is 0.924. The lowest BCUT2D eigenvalue weighted by molar-refractivity contribution is 1.52. The van der Waals surface area contributed by atoms with Crippen LogP contribution in [0, 0.1) is 23.7 Å². The average molecular weight is 431 g/mol. The number of rotatable bonds is 2. The van der Waals surface area contributed by atoms with Crippen molar-refractivity contribution in [2.24, 2.45) is 0 Å². The van der Waals surface area contributed by atoms with Crippen LogP contribution in [0.15, 0.2) is 133 Å². The van der Waals surface area contributed by atoms with Crippen LogP contribution in [0.2, 0.25) is 0 Å². The van der Waals surface area contributed by atoms with Crippen LogP contribution in [0.1, 0.15) is 22.3 Å². The number of hydrogen-bond acceptors (Lipinski definition) is 0. The zero-order chi connectivity index (χ0) is 23.0. The molecule has 0 saturated carbocycles. The van der Waals surface area contributed by atoms with Crippen molar-refractivity contribution in [1.29, 1.82) is 0 Å². The van der Waals surface area contributed by atoms with Crippen LogP contribution in [-0.4, -0.2) is 0 Å². The lowest BCUT2D eigenvalue weighted by Crippen LogP contribution is -1.93. The van der Waals surface area contributed by atoms with E-state index in [4.69, 9.17) is 0 Å². The van der Waals surface area contributed by atoms with Gasteiger partial charge in [-0.05, 0) is 58.7 Å². The molecular formula is C34H22. The van der Waals surface area contributed by atoms with E-state index < -0.39 is 0 Å². The van der Waals surface area contributed by atoms with Crippen molar-refractivity contribution in [3.63, 3.8) is 0 Å². The Balaban J connectivity index is 1.76. The van der Waals surface area contributed by atoms with E-state index in [1.165, 1.54) is 0 Å². The SMILES string of the molecule is C(#Cc1cc(-c2ccccc2)cc(-c2ccccc2)c1C#Cc1ccccc1)c1ccccc1. The van der Waals surface area contributed by atoms with E-state index in [9.17, 15) is 0 Å². The van der Waals surface area contributed by atoms with Gasteiger partial charge in [0, 0.05) is 22.3 Å². The molecule has 5 aromatic rings. The van der Waals surface area contributed by atoms with Gasteiger partial charge in [0.25, 0.3) is 0 Å². The van der Waals surface area contributed by atoms with Crippen LogP contribution in [0.3, 0.4) is 0 Å². The summed E-state index contributed by atoms with van der Waals surface area (Å²) in [4.78, 5) is 0. The molecule has 0 amide bonds. The summed E-state index contributed by atoms with van der Waals surface area (Å²) in [5.74, 6) is 13.6. The largest absolute Gasteiger partial charge is 0.0622 e. The van der Waals surface area contributed by atoms with Crippen molar-refractivity contribution in [2.75, 3.05) is 0 Å². The van der Waals surface area contributed by atoms with Crippen molar-refractivity contribution < 1.29 is 0 Å². The fourth-order valence-corrected chi connectivity index (χ4v) is 3.84. The summed E-state index contributed by atoms with van der Waals surface area (Å²) in [6.45, 7) is 0. The zero-order valence-corrected chi connectivity index (χ0v) is 18.7. The molecule has 0 heteroatoms. The molecule has 0 fully saturated rings. The first-order valence-electron chi connectivity index (χ1n) is 11.3. The second-order valence-electron chi connectivity index (χ2n) is 7.91. The van der Waals surface area contributed by atoms with Gasteiger partial charge < -0.3 is 0 Å². The number of hydrogen-bond donors (Lipinski definition) is 0. The molecule has 0 nitrogen and oxygen atoms in total. The first-order chi connectivity index (χ1) is 16.9. The lowest BCUT2D eigenvalue weighted by Gasteiger charge is -2.12. The minimum Gasteiger partial charge on any atom is -0.0622 e. The fraction of sp³-hybridized carbons (Fsp3) is 0. The third-order valence-corrected chi connectivity index (χ3v) is 5.55. The second-order valence-corrected chi connectivity index (χ2v) is 7.91. The molecule has 0 bridgehead atoms.